The van der Waals surface area contributed by atoms with Gasteiger partial charge < -0.3 is 10.2 Å². The highest BCUT2D eigenvalue weighted by atomic mass is 16.3. The molecule has 0 aromatic rings. The number of hydrogen-bond donors (Lipinski definition) is 2. The van der Waals surface area contributed by atoms with Crippen molar-refractivity contribution < 1.29 is 10.2 Å². The minimum absolute atomic E-state index is 0.250. The normalized spacial score (nSPS) is 15.7. The van der Waals surface area contributed by atoms with Crippen LogP contribution >= 0.6 is 0 Å². The van der Waals surface area contributed by atoms with E-state index >= 15 is 0 Å². The summed E-state index contributed by atoms with van der Waals surface area (Å²) in [7, 11) is 0. The first-order chi connectivity index (χ1) is 4.85. The first-order valence-electron chi connectivity index (χ1n) is 3.74. The van der Waals surface area contributed by atoms with Crippen LogP contribution in [0.4, 0.5) is 0 Å². The summed E-state index contributed by atoms with van der Waals surface area (Å²) in [5, 5.41) is 16.1. The molecule has 0 bridgehead atoms. The molecule has 0 unspecified atom stereocenters. The zero-order valence-electron chi connectivity index (χ0n) is 6.51. The van der Waals surface area contributed by atoms with E-state index in [-0.39, 0.29) is 13.2 Å². The van der Waals surface area contributed by atoms with Crippen molar-refractivity contribution in [3.63, 3.8) is 0 Å². The zero-order chi connectivity index (χ0) is 7.82. The molecule has 0 heterocycles. The van der Waals surface area contributed by atoms with Crippen LogP contribution in [0.1, 0.15) is 26.2 Å². The van der Waals surface area contributed by atoms with E-state index < -0.39 is 0 Å². The van der Waals surface area contributed by atoms with Gasteiger partial charge in [-0.2, -0.15) is 0 Å². The highest BCUT2D eigenvalue weighted by molar-refractivity contribution is 5.06. The SMILES string of the molecule is CCO.OCC1=CCCC1. The second-order valence-corrected chi connectivity index (χ2v) is 2.23. The van der Waals surface area contributed by atoms with Crippen molar-refractivity contribution >= 4 is 0 Å². The van der Waals surface area contributed by atoms with Gasteiger partial charge in [-0.25, -0.2) is 0 Å². The number of aliphatic hydroxyl groups excluding tert-OH is 2. The summed E-state index contributed by atoms with van der Waals surface area (Å²) >= 11 is 0. The fraction of sp³-hybridized carbons (Fsp3) is 0.750. The van der Waals surface area contributed by atoms with Crippen LogP contribution in [0.3, 0.4) is 0 Å². The number of allylic oxidation sites excluding steroid dienone is 1. The Hall–Kier alpha value is -0.340. The zero-order valence-corrected chi connectivity index (χ0v) is 6.51. The number of hydrogen-bond acceptors (Lipinski definition) is 2. The van der Waals surface area contributed by atoms with Crippen molar-refractivity contribution in [3.05, 3.63) is 11.6 Å². The van der Waals surface area contributed by atoms with Crippen molar-refractivity contribution in [1.82, 2.24) is 0 Å². The molecule has 2 heteroatoms. The average Bonchev–Trinajstić information content (AvgIpc) is 2.39. The van der Waals surface area contributed by atoms with Crippen molar-refractivity contribution in [3.8, 4) is 0 Å². The van der Waals surface area contributed by atoms with E-state index in [2.05, 4.69) is 6.08 Å². The Morgan fingerprint density at radius 3 is 2.30 bits per heavy atom. The van der Waals surface area contributed by atoms with Crippen molar-refractivity contribution in [1.29, 1.82) is 0 Å². The summed E-state index contributed by atoms with van der Waals surface area (Å²) in [5.74, 6) is 0. The summed E-state index contributed by atoms with van der Waals surface area (Å²) < 4.78 is 0. The van der Waals surface area contributed by atoms with Gasteiger partial charge in [0, 0.05) is 6.61 Å². The molecule has 0 aromatic heterocycles. The monoisotopic (exact) mass is 144 g/mol. The van der Waals surface area contributed by atoms with Crippen LogP contribution < -0.4 is 0 Å². The molecule has 0 radical (unpaired) electrons. The van der Waals surface area contributed by atoms with Crippen LogP contribution in [-0.2, 0) is 0 Å². The number of rotatable bonds is 1. The van der Waals surface area contributed by atoms with Crippen LogP contribution in [0, 0.1) is 0 Å². The summed E-state index contributed by atoms with van der Waals surface area (Å²) in [4.78, 5) is 0. The third kappa shape index (κ3) is 4.53. The quantitative estimate of drug-likeness (QED) is 0.541. The lowest BCUT2D eigenvalue weighted by Gasteiger charge is -1.88. The van der Waals surface area contributed by atoms with Crippen LogP contribution in [0.2, 0.25) is 0 Å². The molecule has 0 spiro atoms. The molecule has 1 aliphatic carbocycles. The van der Waals surface area contributed by atoms with Crippen LogP contribution in [0.25, 0.3) is 0 Å². The van der Waals surface area contributed by atoms with Gasteiger partial charge in [-0.3, -0.25) is 0 Å². The molecule has 2 N–H and O–H groups in total. The van der Waals surface area contributed by atoms with Gasteiger partial charge in [0.05, 0.1) is 6.61 Å². The Balaban J connectivity index is 0.000000236. The summed E-state index contributed by atoms with van der Waals surface area (Å²) in [5.41, 5.74) is 1.22. The molecular weight excluding hydrogens is 128 g/mol. The third-order valence-corrected chi connectivity index (χ3v) is 1.34. The Bertz CT molecular complexity index is 97.4. The lowest BCUT2D eigenvalue weighted by Crippen LogP contribution is -1.82. The van der Waals surface area contributed by atoms with E-state index in [4.69, 9.17) is 10.2 Å². The van der Waals surface area contributed by atoms with Crippen molar-refractivity contribution in [2.75, 3.05) is 13.2 Å². The maximum atomic E-state index is 8.50. The van der Waals surface area contributed by atoms with Gasteiger partial charge in [0.25, 0.3) is 0 Å². The molecule has 0 fully saturated rings. The number of aliphatic hydroxyl groups is 2. The average molecular weight is 144 g/mol. The van der Waals surface area contributed by atoms with Crippen molar-refractivity contribution in [2.24, 2.45) is 0 Å². The molecule has 0 aliphatic heterocycles. The van der Waals surface area contributed by atoms with Gasteiger partial charge >= 0.3 is 0 Å². The van der Waals surface area contributed by atoms with E-state index in [0.717, 1.165) is 6.42 Å². The predicted octanol–water partition coefficient (Wildman–Crippen LogP) is 1.09. The highest BCUT2D eigenvalue weighted by Crippen LogP contribution is 2.15. The van der Waals surface area contributed by atoms with E-state index in [0.29, 0.717) is 0 Å². The van der Waals surface area contributed by atoms with Crippen LogP contribution in [-0.4, -0.2) is 23.4 Å². The van der Waals surface area contributed by atoms with Gasteiger partial charge in [-0.05, 0) is 31.8 Å². The Morgan fingerprint density at radius 2 is 2.10 bits per heavy atom. The molecule has 60 valence electrons. The first-order valence-corrected chi connectivity index (χ1v) is 3.74. The van der Waals surface area contributed by atoms with Crippen LogP contribution in [0.15, 0.2) is 11.6 Å². The summed E-state index contributed by atoms with van der Waals surface area (Å²) in [6.07, 6.45) is 5.67. The topological polar surface area (TPSA) is 40.5 Å². The lowest BCUT2D eigenvalue weighted by molar-refractivity contribution is 0.318. The molecular formula is C8H16O2. The van der Waals surface area contributed by atoms with E-state index in [1.54, 1.807) is 6.92 Å². The Morgan fingerprint density at radius 1 is 1.50 bits per heavy atom. The molecule has 0 aromatic carbocycles. The Kier molecular flexibility index (Phi) is 6.55. The van der Waals surface area contributed by atoms with Gasteiger partial charge in [0.1, 0.15) is 0 Å². The Labute approximate surface area is 62.2 Å². The largest absolute Gasteiger partial charge is 0.397 e. The van der Waals surface area contributed by atoms with Gasteiger partial charge in [0.2, 0.25) is 0 Å². The van der Waals surface area contributed by atoms with E-state index in [1.807, 2.05) is 0 Å². The maximum Gasteiger partial charge on any atom is 0.0641 e. The minimum Gasteiger partial charge on any atom is -0.397 e. The third-order valence-electron chi connectivity index (χ3n) is 1.34. The molecule has 0 atom stereocenters. The molecule has 0 saturated carbocycles. The molecule has 0 amide bonds. The van der Waals surface area contributed by atoms with E-state index in [9.17, 15) is 0 Å². The lowest BCUT2D eigenvalue weighted by atomic mass is 10.2. The van der Waals surface area contributed by atoms with Gasteiger partial charge in [0.15, 0.2) is 0 Å². The van der Waals surface area contributed by atoms with Crippen molar-refractivity contribution in [2.45, 2.75) is 26.2 Å². The molecule has 1 aliphatic rings. The van der Waals surface area contributed by atoms with E-state index in [1.165, 1.54) is 18.4 Å². The highest BCUT2D eigenvalue weighted by Gasteiger charge is 2.00. The fourth-order valence-corrected chi connectivity index (χ4v) is 0.881. The summed E-state index contributed by atoms with van der Waals surface area (Å²) in [6, 6.07) is 0. The first kappa shape index (κ1) is 9.66. The molecule has 2 nitrogen and oxygen atoms in total. The second kappa shape index (κ2) is 6.78. The smallest absolute Gasteiger partial charge is 0.0641 e. The fourth-order valence-electron chi connectivity index (χ4n) is 0.881. The predicted molar refractivity (Wildman–Crippen MR) is 41.8 cm³/mol. The molecule has 1 rings (SSSR count). The summed E-state index contributed by atoms with van der Waals surface area (Å²) in [6.45, 7) is 2.21. The van der Waals surface area contributed by atoms with Gasteiger partial charge in [-0.15, -0.1) is 0 Å². The maximum absolute atomic E-state index is 8.50. The second-order valence-electron chi connectivity index (χ2n) is 2.23. The standard InChI is InChI=1S/C6H10O.C2H6O/c7-5-6-3-1-2-4-6;1-2-3/h3,7H,1-2,4-5H2;3H,2H2,1H3. The molecule has 0 saturated heterocycles. The minimum atomic E-state index is 0.250. The molecule has 10 heavy (non-hydrogen) atoms. The van der Waals surface area contributed by atoms with Crippen LogP contribution in [0.5, 0.6) is 0 Å². The van der Waals surface area contributed by atoms with Gasteiger partial charge in [-0.1, -0.05) is 6.08 Å².